The zero-order valence-electron chi connectivity index (χ0n) is 23.4. The molecule has 9 heteroatoms. The lowest BCUT2D eigenvalue weighted by Crippen LogP contribution is -2.39. The smallest absolute Gasteiger partial charge is 0.395 e. The van der Waals surface area contributed by atoms with Crippen LogP contribution < -0.4 is 14.4 Å². The summed E-state index contributed by atoms with van der Waals surface area (Å²) in [6.45, 7) is 0.170. The summed E-state index contributed by atoms with van der Waals surface area (Å²) in [5, 5.41) is 3.43. The zero-order valence-corrected chi connectivity index (χ0v) is 24.3. The van der Waals surface area contributed by atoms with Crippen molar-refractivity contribution in [1.29, 1.82) is 0 Å². The minimum Gasteiger partial charge on any atom is -0.395 e. The molecule has 8 nitrogen and oxygen atoms in total. The van der Waals surface area contributed by atoms with Gasteiger partial charge in [-0.1, -0.05) is 81.3 Å². The molecule has 40 heavy (non-hydrogen) atoms. The average Bonchev–Trinajstić information content (AvgIpc) is 2.97. The van der Waals surface area contributed by atoms with Crippen LogP contribution in [-0.2, 0) is 18.6 Å². The number of benzene rings is 2. The summed E-state index contributed by atoms with van der Waals surface area (Å²) in [6, 6.07) is 18.6. The number of aliphatic imine (C=N–C) groups is 1. The van der Waals surface area contributed by atoms with Crippen LogP contribution in [0.5, 0.6) is 11.5 Å². The Balaban J connectivity index is 1.21. The molecule has 0 aromatic heterocycles. The Labute approximate surface area is 238 Å². The lowest BCUT2D eigenvalue weighted by Gasteiger charge is -2.25. The van der Waals surface area contributed by atoms with Crippen molar-refractivity contribution in [3.8, 4) is 11.5 Å². The van der Waals surface area contributed by atoms with Gasteiger partial charge in [0.05, 0.1) is 12.6 Å². The van der Waals surface area contributed by atoms with E-state index in [9.17, 15) is 9.36 Å². The van der Waals surface area contributed by atoms with Crippen molar-refractivity contribution in [2.45, 2.75) is 102 Å². The summed E-state index contributed by atoms with van der Waals surface area (Å²) in [7, 11) is -3.90. The number of hydrogen-bond donors (Lipinski definition) is 1. The van der Waals surface area contributed by atoms with E-state index >= 15 is 0 Å². The number of amidine groups is 1. The van der Waals surface area contributed by atoms with Crippen LogP contribution in [0.15, 0.2) is 65.7 Å². The second kappa shape index (κ2) is 16.4. The first-order chi connectivity index (χ1) is 19.6. The van der Waals surface area contributed by atoms with Crippen LogP contribution in [0.3, 0.4) is 0 Å². The van der Waals surface area contributed by atoms with Crippen molar-refractivity contribution in [3.05, 3.63) is 60.7 Å². The first kappa shape index (κ1) is 30.1. The van der Waals surface area contributed by atoms with Gasteiger partial charge in [-0.3, -0.25) is 9.32 Å². The van der Waals surface area contributed by atoms with Gasteiger partial charge in [0.1, 0.15) is 11.5 Å². The normalized spacial score (nSPS) is 17.2. The SMILES string of the molecule is O=C(CCCCCOP(=O)(Oc1ccccc1)Oc1ccccc1)OC(=NC1CCCCC1)NC1CCCCC1. The van der Waals surface area contributed by atoms with Gasteiger partial charge in [-0.15, -0.1) is 0 Å². The van der Waals surface area contributed by atoms with E-state index in [1.807, 2.05) is 12.1 Å². The predicted molar refractivity (Wildman–Crippen MR) is 157 cm³/mol. The molecular formula is C31H43N2O6P. The number of phosphoric ester groups is 1. The number of carbonyl (C=O) groups excluding carboxylic acids is 1. The van der Waals surface area contributed by atoms with E-state index in [1.54, 1.807) is 48.5 Å². The number of esters is 1. The second-order valence-corrected chi connectivity index (χ2v) is 12.1. The second-order valence-electron chi connectivity index (χ2n) is 10.6. The Kier molecular flexibility index (Phi) is 12.4. The number of para-hydroxylation sites is 2. The molecule has 2 saturated carbocycles. The van der Waals surface area contributed by atoms with Gasteiger partial charge in [0, 0.05) is 12.5 Å². The number of hydrogen-bond acceptors (Lipinski definition) is 7. The molecule has 2 aromatic rings. The van der Waals surface area contributed by atoms with Gasteiger partial charge in [0.25, 0.3) is 6.02 Å². The quantitative estimate of drug-likeness (QED) is 0.0857. The van der Waals surface area contributed by atoms with E-state index < -0.39 is 7.82 Å². The molecule has 2 fully saturated rings. The lowest BCUT2D eigenvalue weighted by molar-refractivity contribution is -0.136. The highest BCUT2D eigenvalue weighted by Gasteiger charge is 2.30. The van der Waals surface area contributed by atoms with Crippen molar-refractivity contribution < 1.29 is 27.7 Å². The van der Waals surface area contributed by atoms with E-state index in [0.29, 0.717) is 42.8 Å². The van der Waals surface area contributed by atoms with E-state index in [-0.39, 0.29) is 25.0 Å². The van der Waals surface area contributed by atoms with Crippen LogP contribution in [0.25, 0.3) is 0 Å². The fourth-order valence-electron chi connectivity index (χ4n) is 5.07. The van der Waals surface area contributed by atoms with Crippen LogP contribution in [0.2, 0.25) is 0 Å². The number of nitrogens with zero attached hydrogens (tertiary/aromatic N) is 1. The molecule has 2 aromatic carbocycles. The molecule has 0 unspecified atom stereocenters. The largest absolute Gasteiger partial charge is 0.587 e. The minimum atomic E-state index is -3.90. The molecule has 4 rings (SSSR count). The molecule has 0 saturated heterocycles. The van der Waals surface area contributed by atoms with Gasteiger partial charge < -0.3 is 19.1 Å². The van der Waals surface area contributed by atoms with Crippen LogP contribution >= 0.6 is 7.82 Å². The van der Waals surface area contributed by atoms with Crippen LogP contribution in [0.4, 0.5) is 0 Å². The Hall–Kier alpha value is -2.83. The third-order valence-corrected chi connectivity index (χ3v) is 8.58. The van der Waals surface area contributed by atoms with Gasteiger partial charge in [-0.25, -0.2) is 9.56 Å². The Morgan fingerprint density at radius 1 is 0.775 bits per heavy atom. The first-order valence-corrected chi connectivity index (χ1v) is 16.3. The van der Waals surface area contributed by atoms with E-state index in [1.165, 1.54) is 38.5 Å². The summed E-state index contributed by atoms with van der Waals surface area (Å²) in [4.78, 5) is 17.5. The third kappa shape index (κ3) is 11.0. The van der Waals surface area contributed by atoms with Crippen molar-refractivity contribution in [1.82, 2.24) is 5.32 Å². The highest BCUT2D eigenvalue weighted by atomic mass is 31.2. The Morgan fingerprint density at radius 2 is 1.35 bits per heavy atom. The molecule has 2 aliphatic carbocycles. The number of nitrogens with one attached hydrogen (secondary N) is 1. The van der Waals surface area contributed by atoms with Crippen molar-refractivity contribution in [3.63, 3.8) is 0 Å². The number of ether oxygens (including phenoxy) is 1. The average molecular weight is 571 g/mol. The maximum Gasteiger partial charge on any atom is 0.587 e. The fourth-order valence-corrected chi connectivity index (χ4v) is 6.32. The summed E-state index contributed by atoms with van der Waals surface area (Å²) >= 11 is 0. The molecule has 0 aliphatic heterocycles. The van der Waals surface area contributed by atoms with E-state index in [0.717, 1.165) is 25.7 Å². The van der Waals surface area contributed by atoms with Crippen LogP contribution in [0.1, 0.15) is 89.9 Å². The van der Waals surface area contributed by atoms with Crippen molar-refractivity contribution in [2.24, 2.45) is 4.99 Å². The predicted octanol–water partition coefficient (Wildman–Crippen LogP) is 7.98. The zero-order chi connectivity index (χ0) is 27.9. The maximum atomic E-state index is 13.4. The van der Waals surface area contributed by atoms with Gasteiger partial charge >= 0.3 is 13.8 Å². The molecule has 0 radical (unpaired) electrons. The molecule has 0 amide bonds. The maximum absolute atomic E-state index is 13.4. The van der Waals surface area contributed by atoms with Gasteiger partial charge in [0.15, 0.2) is 0 Å². The molecule has 2 aliphatic rings. The standard InChI is InChI=1S/C31H43N2O6P/c34-30(37-31(32-26-16-6-1-7-17-26)33-27-18-8-2-9-19-27)24-14-5-15-25-36-40(35,38-28-20-10-3-11-21-28)39-29-22-12-4-13-23-29/h3-4,10-13,20-23,26-27H,1-2,5-9,14-19,24-25H2,(H,32,33). The molecule has 0 atom stereocenters. The summed E-state index contributed by atoms with van der Waals surface area (Å²) in [6.07, 6.45) is 13.8. The summed E-state index contributed by atoms with van der Waals surface area (Å²) in [5.74, 6) is 0.526. The summed E-state index contributed by atoms with van der Waals surface area (Å²) in [5.41, 5.74) is 0. The molecule has 0 bridgehead atoms. The van der Waals surface area contributed by atoms with E-state index in [2.05, 4.69) is 5.32 Å². The topological polar surface area (TPSA) is 95.5 Å². The Morgan fingerprint density at radius 3 is 1.95 bits per heavy atom. The monoisotopic (exact) mass is 570 g/mol. The van der Waals surface area contributed by atoms with Crippen LogP contribution in [0, 0.1) is 0 Å². The van der Waals surface area contributed by atoms with Crippen LogP contribution in [-0.4, -0.2) is 30.7 Å². The molecular weight excluding hydrogens is 527 g/mol. The number of carbonyl (C=O) groups is 1. The van der Waals surface area contributed by atoms with Gasteiger partial charge in [-0.2, -0.15) is 0 Å². The number of phosphoric acid groups is 1. The summed E-state index contributed by atoms with van der Waals surface area (Å²) < 4.78 is 36.0. The fraction of sp³-hybridized carbons (Fsp3) is 0.548. The first-order valence-electron chi connectivity index (χ1n) is 14.9. The third-order valence-electron chi connectivity index (χ3n) is 7.21. The number of unbranched alkanes of at least 4 members (excludes halogenated alkanes) is 2. The Bertz CT molecular complexity index is 1040. The van der Waals surface area contributed by atoms with Gasteiger partial charge in [-0.05, 0) is 62.8 Å². The van der Waals surface area contributed by atoms with E-state index in [4.69, 9.17) is 23.3 Å². The molecule has 1 N–H and O–H groups in total. The number of rotatable bonds is 13. The molecule has 0 spiro atoms. The van der Waals surface area contributed by atoms with Crippen molar-refractivity contribution in [2.75, 3.05) is 6.61 Å². The molecule has 218 valence electrons. The minimum absolute atomic E-state index is 0.170. The lowest BCUT2D eigenvalue weighted by atomic mass is 9.95. The highest BCUT2D eigenvalue weighted by Crippen LogP contribution is 2.49. The van der Waals surface area contributed by atoms with Gasteiger partial charge in [0.2, 0.25) is 0 Å². The molecule has 0 heterocycles. The van der Waals surface area contributed by atoms with Crippen molar-refractivity contribution >= 4 is 19.8 Å². The highest BCUT2D eigenvalue weighted by molar-refractivity contribution is 7.49.